The molecule has 2 rings (SSSR count). The van der Waals surface area contributed by atoms with E-state index in [2.05, 4.69) is 10.3 Å². The van der Waals surface area contributed by atoms with Crippen LogP contribution in [0.15, 0.2) is 47.5 Å². The number of sulfonamides is 1. The van der Waals surface area contributed by atoms with Crippen LogP contribution in [-0.4, -0.2) is 43.8 Å². The van der Waals surface area contributed by atoms with Gasteiger partial charge in [-0.1, -0.05) is 26.0 Å². The van der Waals surface area contributed by atoms with Crippen LogP contribution in [0.2, 0.25) is 0 Å². The highest BCUT2D eigenvalue weighted by atomic mass is 32.2. The zero-order chi connectivity index (χ0) is 24.4. The molecule has 0 aliphatic carbocycles. The number of ether oxygens (including phenoxy) is 1. The van der Waals surface area contributed by atoms with Gasteiger partial charge in [-0.25, -0.2) is 22.9 Å². The highest BCUT2D eigenvalue weighted by Crippen LogP contribution is 2.12. The quantitative estimate of drug-likeness (QED) is 0.478. The van der Waals surface area contributed by atoms with Gasteiger partial charge in [0.25, 0.3) is 15.9 Å². The fourth-order valence-corrected chi connectivity index (χ4v) is 3.69. The Balaban J connectivity index is 1.97. The molecule has 10 heteroatoms. The molecule has 2 aromatic rings. The van der Waals surface area contributed by atoms with E-state index in [1.165, 1.54) is 24.3 Å². The third kappa shape index (κ3) is 7.98. The van der Waals surface area contributed by atoms with Gasteiger partial charge in [-0.3, -0.25) is 9.59 Å². The molecular formula is C23H29N3O6S. The fraction of sp³-hybridized carbons (Fsp3) is 0.391. The summed E-state index contributed by atoms with van der Waals surface area (Å²) in [5.74, 6) is -1.50. The second-order valence-corrected chi connectivity index (χ2v) is 9.17. The van der Waals surface area contributed by atoms with Gasteiger partial charge in [0, 0.05) is 19.2 Å². The molecule has 2 N–H and O–H groups in total. The second-order valence-electron chi connectivity index (χ2n) is 7.48. The van der Waals surface area contributed by atoms with Crippen molar-refractivity contribution >= 4 is 27.8 Å². The first kappa shape index (κ1) is 26.0. The minimum Gasteiger partial charge on any atom is -0.458 e. The van der Waals surface area contributed by atoms with Gasteiger partial charge in [0.2, 0.25) is 5.91 Å². The largest absolute Gasteiger partial charge is 0.458 e. The number of amides is 2. The molecule has 178 valence electrons. The molecule has 0 bridgehead atoms. The molecule has 0 saturated carbocycles. The van der Waals surface area contributed by atoms with Crippen molar-refractivity contribution in [2.75, 3.05) is 6.54 Å². The number of hydrogen-bond donors (Lipinski definition) is 2. The summed E-state index contributed by atoms with van der Waals surface area (Å²) in [5, 5.41) is 2.80. The molecule has 0 radical (unpaired) electrons. The van der Waals surface area contributed by atoms with Crippen LogP contribution in [-0.2, 0) is 26.0 Å². The summed E-state index contributed by atoms with van der Waals surface area (Å²) in [4.78, 5) is 39.6. The molecule has 0 saturated heterocycles. The molecule has 0 aliphatic rings. The number of carbonyl (C=O) groups excluding carboxylic acids is 3. The maximum Gasteiger partial charge on any atom is 0.357 e. The number of carbonyl (C=O) groups is 3. The Morgan fingerprint density at radius 1 is 1.06 bits per heavy atom. The van der Waals surface area contributed by atoms with Gasteiger partial charge < -0.3 is 10.1 Å². The first-order valence-electron chi connectivity index (χ1n) is 10.8. The third-order valence-corrected chi connectivity index (χ3v) is 6.14. The van der Waals surface area contributed by atoms with Gasteiger partial charge in [-0.05, 0) is 56.0 Å². The number of pyridine rings is 1. The van der Waals surface area contributed by atoms with Crippen molar-refractivity contribution in [2.24, 2.45) is 0 Å². The summed E-state index contributed by atoms with van der Waals surface area (Å²) in [7, 11) is -4.10. The molecule has 1 aromatic carbocycles. The Morgan fingerprint density at radius 3 is 2.33 bits per heavy atom. The van der Waals surface area contributed by atoms with Crippen LogP contribution in [0.3, 0.4) is 0 Å². The normalized spacial score (nSPS) is 12.0. The van der Waals surface area contributed by atoms with E-state index in [9.17, 15) is 22.8 Å². The van der Waals surface area contributed by atoms with E-state index in [0.717, 1.165) is 18.2 Å². The number of nitrogens with one attached hydrogen (secondary N) is 2. The Hall–Kier alpha value is -3.27. The SMILES string of the molecule is CCCC(=O)NCCc1ccc(S(=O)(=O)NC(=O)c2ccc(C(=O)O[C@H](C)CC)nc2)cc1. The van der Waals surface area contributed by atoms with Crippen molar-refractivity contribution in [3.8, 4) is 0 Å². The molecular weight excluding hydrogens is 446 g/mol. The summed E-state index contributed by atoms with van der Waals surface area (Å²) in [6, 6.07) is 8.66. The average molecular weight is 476 g/mol. The van der Waals surface area contributed by atoms with Gasteiger partial charge in [0.05, 0.1) is 16.6 Å². The predicted octanol–water partition coefficient (Wildman–Crippen LogP) is 2.61. The molecule has 1 aromatic heterocycles. The lowest BCUT2D eigenvalue weighted by Gasteiger charge is -2.11. The monoisotopic (exact) mass is 475 g/mol. The van der Waals surface area contributed by atoms with Crippen molar-refractivity contribution in [3.63, 3.8) is 0 Å². The number of benzene rings is 1. The number of hydrogen-bond acceptors (Lipinski definition) is 7. The number of aromatic nitrogens is 1. The number of esters is 1. The lowest BCUT2D eigenvalue weighted by molar-refractivity contribution is -0.121. The minimum atomic E-state index is -4.10. The molecule has 0 spiro atoms. The first-order chi connectivity index (χ1) is 15.7. The van der Waals surface area contributed by atoms with E-state index in [1.54, 1.807) is 19.1 Å². The number of rotatable bonds is 11. The Labute approximate surface area is 194 Å². The van der Waals surface area contributed by atoms with Crippen molar-refractivity contribution < 1.29 is 27.5 Å². The summed E-state index contributed by atoms with van der Waals surface area (Å²) in [6.07, 6.45) is 3.30. The van der Waals surface area contributed by atoms with E-state index in [-0.39, 0.29) is 28.2 Å². The van der Waals surface area contributed by atoms with Crippen LogP contribution in [0.25, 0.3) is 0 Å². The van der Waals surface area contributed by atoms with E-state index >= 15 is 0 Å². The Bertz CT molecular complexity index is 1070. The first-order valence-corrected chi connectivity index (χ1v) is 12.2. The maximum absolute atomic E-state index is 12.5. The topological polar surface area (TPSA) is 132 Å². The zero-order valence-electron chi connectivity index (χ0n) is 19.0. The molecule has 1 heterocycles. The number of nitrogens with zero attached hydrogens (tertiary/aromatic N) is 1. The van der Waals surface area contributed by atoms with Gasteiger partial charge in [-0.2, -0.15) is 0 Å². The van der Waals surface area contributed by atoms with Gasteiger partial charge in [0.15, 0.2) is 0 Å². The van der Waals surface area contributed by atoms with Crippen LogP contribution in [0.5, 0.6) is 0 Å². The summed E-state index contributed by atoms with van der Waals surface area (Å²) in [6.45, 7) is 6.01. The van der Waals surface area contributed by atoms with Crippen LogP contribution < -0.4 is 10.0 Å². The zero-order valence-corrected chi connectivity index (χ0v) is 19.8. The van der Waals surface area contributed by atoms with Gasteiger partial charge in [-0.15, -0.1) is 0 Å². The molecule has 0 aliphatic heterocycles. The van der Waals surface area contributed by atoms with Crippen LogP contribution in [0, 0.1) is 0 Å². The van der Waals surface area contributed by atoms with Crippen molar-refractivity contribution in [3.05, 3.63) is 59.4 Å². The van der Waals surface area contributed by atoms with Crippen LogP contribution in [0.1, 0.15) is 66.4 Å². The lowest BCUT2D eigenvalue weighted by atomic mass is 10.1. The van der Waals surface area contributed by atoms with Crippen LogP contribution >= 0.6 is 0 Å². The summed E-state index contributed by atoms with van der Waals surface area (Å²) in [5.41, 5.74) is 0.857. The molecule has 1 atom stereocenters. The van der Waals surface area contributed by atoms with E-state index in [0.29, 0.717) is 25.8 Å². The molecule has 33 heavy (non-hydrogen) atoms. The standard InChI is InChI=1S/C23H29N3O6S/c1-4-6-21(27)24-14-13-17-7-10-19(11-8-17)33(30,31)26-22(28)18-9-12-20(25-15-18)23(29)32-16(3)5-2/h7-12,15-16H,4-6,13-14H2,1-3H3,(H,24,27)(H,26,28)/t16-/m1/s1. The van der Waals surface area contributed by atoms with E-state index in [4.69, 9.17) is 4.74 Å². The predicted molar refractivity (Wildman–Crippen MR) is 122 cm³/mol. The lowest BCUT2D eigenvalue weighted by Crippen LogP contribution is -2.30. The highest BCUT2D eigenvalue weighted by Gasteiger charge is 2.20. The fourth-order valence-electron chi connectivity index (χ4n) is 2.71. The van der Waals surface area contributed by atoms with Gasteiger partial charge >= 0.3 is 5.97 Å². The Morgan fingerprint density at radius 2 is 1.76 bits per heavy atom. The summed E-state index contributed by atoms with van der Waals surface area (Å²) >= 11 is 0. The van der Waals surface area contributed by atoms with Crippen molar-refractivity contribution in [1.29, 1.82) is 0 Å². The average Bonchev–Trinajstić information content (AvgIpc) is 2.79. The maximum atomic E-state index is 12.5. The minimum absolute atomic E-state index is 0.0156. The smallest absolute Gasteiger partial charge is 0.357 e. The van der Waals surface area contributed by atoms with Crippen molar-refractivity contribution in [2.45, 2.75) is 57.5 Å². The molecule has 0 fully saturated rings. The van der Waals surface area contributed by atoms with E-state index in [1.807, 2.05) is 18.6 Å². The molecule has 9 nitrogen and oxygen atoms in total. The van der Waals surface area contributed by atoms with Gasteiger partial charge in [0.1, 0.15) is 5.69 Å². The van der Waals surface area contributed by atoms with Crippen LogP contribution in [0.4, 0.5) is 0 Å². The highest BCUT2D eigenvalue weighted by molar-refractivity contribution is 7.90. The van der Waals surface area contributed by atoms with Crippen molar-refractivity contribution in [1.82, 2.24) is 15.0 Å². The second kappa shape index (κ2) is 12.1. The molecule has 2 amide bonds. The third-order valence-electron chi connectivity index (χ3n) is 4.79. The Kier molecular flexibility index (Phi) is 9.53. The van der Waals surface area contributed by atoms with E-state index < -0.39 is 21.9 Å². The summed E-state index contributed by atoms with van der Waals surface area (Å²) < 4.78 is 32.3. The molecule has 0 unspecified atom stereocenters.